The summed E-state index contributed by atoms with van der Waals surface area (Å²) in [5, 5.41) is 4.76. The first kappa shape index (κ1) is 23.8. The number of hydrogen-bond donors (Lipinski definition) is 0. The number of sulfonamides is 1. The van der Waals surface area contributed by atoms with Gasteiger partial charge in [-0.05, 0) is 67.7 Å². The van der Waals surface area contributed by atoms with Crippen molar-refractivity contribution in [2.24, 2.45) is 0 Å². The Balaban J connectivity index is 1.46. The number of hydrogen-bond acceptors (Lipinski definition) is 6. The van der Waals surface area contributed by atoms with Gasteiger partial charge in [0, 0.05) is 25.7 Å². The molecule has 0 N–H and O–H groups in total. The van der Waals surface area contributed by atoms with Crippen molar-refractivity contribution in [3.8, 4) is 11.5 Å². The molecule has 35 heavy (non-hydrogen) atoms. The molecule has 3 aromatic rings. The number of ether oxygens (including phenoxy) is 2. The summed E-state index contributed by atoms with van der Waals surface area (Å²) in [6, 6.07) is 17.1. The fourth-order valence-corrected chi connectivity index (χ4v) is 5.66. The standard InChI is InChI=1S/C26H32N4O4S/c1-33-24-10-4-20(5-11-24)17-29(18-21-6-12-25(34-2)13-7-21)35(31,32)26-16-23(19-28-14-3-15-28)30(27-26)22-8-9-22/h4-7,10-13,16,22H,3,8-9,14-15,17-19H2,1-2H3. The normalized spacial score (nSPS) is 16.3. The van der Waals surface area contributed by atoms with E-state index in [0.29, 0.717) is 6.04 Å². The van der Waals surface area contributed by atoms with Crippen LogP contribution in [0.5, 0.6) is 11.5 Å². The van der Waals surface area contributed by atoms with Crippen molar-refractivity contribution in [2.75, 3.05) is 27.3 Å². The second-order valence-electron chi connectivity index (χ2n) is 9.25. The van der Waals surface area contributed by atoms with E-state index in [4.69, 9.17) is 9.47 Å². The second-order valence-corrected chi connectivity index (χ2v) is 11.1. The van der Waals surface area contributed by atoms with Crippen LogP contribution in [0.1, 0.15) is 42.1 Å². The predicted octanol–water partition coefficient (Wildman–Crippen LogP) is 3.83. The topological polar surface area (TPSA) is 76.9 Å². The number of rotatable bonds is 11. The summed E-state index contributed by atoms with van der Waals surface area (Å²) in [5.41, 5.74) is 2.75. The zero-order valence-corrected chi connectivity index (χ0v) is 21.1. The largest absolute Gasteiger partial charge is 0.497 e. The molecule has 5 rings (SSSR count). The van der Waals surface area contributed by atoms with Gasteiger partial charge in [0.1, 0.15) is 11.5 Å². The minimum Gasteiger partial charge on any atom is -0.497 e. The molecular weight excluding hydrogens is 464 g/mol. The van der Waals surface area contributed by atoms with Crippen molar-refractivity contribution >= 4 is 10.0 Å². The molecule has 1 aromatic heterocycles. The molecule has 9 heteroatoms. The van der Waals surface area contributed by atoms with E-state index in [2.05, 4.69) is 10.00 Å². The third kappa shape index (κ3) is 5.37. The van der Waals surface area contributed by atoms with Gasteiger partial charge in [-0.1, -0.05) is 24.3 Å². The number of aromatic nitrogens is 2. The molecular formula is C26H32N4O4S. The van der Waals surface area contributed by atoms with E-state index in [0.717, 1.165) is 60.8 Å². The molecule has 1 saturated carbocycles. The van der Waals surface area contributed by atoms with E-state index >= 15 is 0 Å². The molecule has 1 aliphatic heterocycles. The maximum Gasteiger partial charge on any atom is 0.263 e. The van der Waals surface area contributed by atoms with Gasteiger partial charge in [0.25, 0.3) is 10.0 Å². The number of likely N-dealkylation sites (tertiary alicyclic amines) is 1. The van der Waals surface area contributed by atoms with Crippen molar-refractivity contribution < 1.29 is 17.9 Å². The molecule has 186 valence electrons. The molecule has 2 aromatic carbocycles. The number of benzene rings is 2. The Morgan fingerprint density at radius 2 is 1.46 bits per heavy atom. The molecule has 1 aliphatic carbocycles. The first-order valence-corrected chi connectivity index (χ1v) is 13.5. The van der Waals surface area contributed by atoms with Crippen LogP contribution < -0.4 is 9.47 Å². The van der Waals surface area contributed by atoms with E-state index in [1.54, 1.807) is 20.3 Å². The molecule has 2 heterocycles. The zero-order valence-electron chi connectivity index (χ0n) is 20.3. The maximum atomic E-state index is 14.0. The quantitative estimate of drug-likeness (QED) is 0.402. The van der Waals surface area contributed by atoms with E-state index in [-0.39, 0.29) is 18.1 Å². The fourth-order valence-electron chi connectivity index (χ4n) is 4.28. The lowest BCUT2D eigenvalue weighted by Crippen LogP contribution is -2.36. The lowest BCUT2D eigenvalue weighted by Gasteiger charge is -2.30. The Labute approximate surface area is 207 Å². The van der Waals surface area contributed by atoms with Crippen molar-refractivity contribution in [1.29, 1.82) is 0 Å². The average molecular weight is 497 g/mol. The second kappa shape index (κ2) is 10.0. The van der Waals surface area contributed by atoms with Gasteiger partial charge in [-0.25, -0.2) is 8.42 Å². The van der Waals surface area contributed by atoms with Crippen molar-refractivity contribution in [1.82, 2.24) is 19.0 Å². The fraction of sp³-hybridized carbons (Fsp3) is 0.423. The monoisotopic (exact) mass is 496 g/mol. The molecule has 1 saturated heterocycles. The SMILES string of the molecule is COc1ccc(CN(Cc2ccc(OC)cc2)S(=O)(=O)c2cc(CN3CCC3)n(C3CC3)n2)cc1. The van der Waals surface area contributed by atoms with Crippen LogP contribution >= 0.6 is 0 Å². The van der Waals surface area contributed by atoms with Crippen LogP contribution in [0.4, 0.5) is 0 Å². The van der Waals surface area contributed by atoms with Crippen LogP contribution in [0.25, 0.3) is 0 Å². The van der Waals surface area contributed by atoms with Gasteiger partial charge >= 0.3 is 0 Å². The Bertz CT molecular complexity index is 1200. The van der Waals surface area contributed by atoms with Crippen LogP contribution in [-0.2, 0) is 29.7 Å². The van der Waals surface area contributed by atoms with Gasteiger partial charge < -0.3 is 9.47 Å². The van der Waals surface area contributed by atoms with Crippen molar-refractivity contribution in [3.63, 3.8) is 0 Å². The molecule has 0 bridgehead atoms. The summed E-state index contributed by atoms with van der Waals surface area (Å²) in [5.74, 6) is 1.47. The Morgan fingerprint density at radius 3 is 1.89 bits per heavy atom. The van der Waals surface area contributed by atoms with E-state index < -0.39 is 10.0 Å². The van der Waals surface area contributed by atoms with E-state index in [1.165, 1.54) is 10.7 Å². The highest BCUT2D eigenvalue weighted by Gasteiger charge is 2.33. The average Bonchev–Trinajstić information content (AvgIpc) is 3.60. The minimum absolute atomic E-state index is 0.127. The molecule has 0 unspecified atom stereocenters. The first-order valence-electron chi connectivity index (χ1n) is 12.0. The lowest BCUT2D eigenvalue weighted by atomic mass is 10.2. The summed E-state index contributed by atoms with van der Waals surface area (Å²) in [4.78, 5) is 2.33. The number of nitrogens with zero attached hydrogens (tertiary/aromatic N) is 4. The van der Waals surface area contributed by atoms with Crippen molar-refractivity contribution in [3.05, 3.63) is 71.4 Å². The Hall–Kier alpha value is -2.88. The summed E-state index contributed by atoms with van der Waals surface area (Å²) in [7, 11) is -0.611. The van der Waals surface area contributed by atoms with Gasteiger partial charge in [0.05, 0.1) is 26.0 Å². The van der Waals surface area contributed by atoms with Crippen LogP contribution in [0.3, 0.4) is 0 Å². The third-order valence-electron chi connectivity index (χ3n) is 6.66. The Kier molecular flexibility index (Phi) is 6.82. The highest BCUT2D eigenvalue weighted by Crippen LogP contribution is 2.37. The van der Waals surface area contributed by atoms with E-state index in [9.17, 15) is 8.42 Å². The summed E-state index contributed by atoms with van der Waals surface area (Å²) in [6.07, 6.45) is 3.30. The highest BCUT2D eigenvalue weighted by atomic mass is 32.2. The van der Waals surface area contributed by atoms with Gasteiger partial charge in [-0.15, -0.1) is 0 Å². The molecule has 2 fully saturated rings. The molecule has 0 atom stereocenters. The van der Waals surface area contributed by atoms with Gasteiger partial charge in [0.2, 0.25) is 0 Å². The molecule has 8 nitrogen and oxygen atoms in total. The minimum atomic E-state index is -3.84. The third-order valence-corrected chi connectivity index (χ3v) is 8.32. The lowest BCUT2D eigenvalue weighted by molar-refractivity contribution is 0.167. The van der Waals surface area contributed by atoms with Crippen LogP contribution in [0.2, 0.25) is 0 Å². The molecule has 0 spiro atoms. The highest BCUT2D eigenvalue weighted by molar-refractivity contribution is 7.89. The van der Waals surface area contributed by atoms with Gasteiger partial charge in [-0.3, -0.25) is 9.58 Å². The van der Waals surface area contributed by atoms with Crippen LogP contribution in [0.15, 0.2) is 59.6 Å². The van der Waals surface area contributed by atoms with Gasteiger partial charge in [0.15, 0.2) is 5.03 Å². The molecule has 0 amide bonds. The van der Waals surface area contributed by atoms with Crippen LogP contribution in [-0.4, -0.2) is 54.7 Å². The van der Waals surface area contributed by atoms with Gasteiger partial charge in [-0.2, -0.15) is 9.40 Å². The van der Waals surface area contributed by atoms with Crippen molar-refractivity contribution in [2.45, 2.75) is 50.0 Å². The number of methoxy groups -OCH3 is 2. The molecule has 2 aliphatic rings. The first-order chi connectivity index (χ1) is 17.0. The predicted molar refractivity (Wildman–Crippen MR) is 133 cm³/mol. The maximum absolute atomic E-state index is 14.0. The summed E-state index contributed by atoms with van der Waals surface area (Å²) >= 11 is 0. The smallest absolute Gasteiger partial charge is 0.263 e. The summed E-state index contributed by atoms with van der Waals surface area (Å²) < 4.78 is 41.9. The summed E-state index contributed by atoms with van der Waals surface area (Å²) in [6.45, 7) is 3.32. The molecule has 0 radical (unpaired) electrons. The Morgan fingerprint density at radius 1 is 0.914 bits per heavy atom. The van der Waals surface area contributed by atoms with E-state index in [1.807, 2.05) is 53.2 Å². The zero-order chi connectivity index (χ0) is 24.4. The van der Waals surface area contributed by atoms with Crippen LogP contribution in [0, 0.1) is 0 Å².